The monoisotopic (exact) mass is 174 g/mol. The molecule has 0 aromatic rings. The van der Waals surface area contributed by atoms with E-state index in [9.17, 15) is 0 Å². The lowest BCUT2D eigenvalue weighted by molar-refractivity contribution is -0.186. The van der Waals surface area contributed by atoms with Crippen LogP contribution in [0.25, 0.3) is 0 Å². The molecule has 1 heterocycles. The van der Waals surface area contributed by atoms with E-state index in [1.807, 2.05) is 13.8 Å². The number of methoxy groups -OCH3 is 1. The molecular formula is C10H22O2. The summed E-state index contributed by atoms with van der Waals surface area (Å²) in [6.45, 7) is 8.34. The van der Waals surface area contributed by atoms with Crippen molar-refractivity contribution in [2.75, 3.05) is 7.11 Å². The van der Waals surface area contributed by atoms with Crippen LogP contribution in [0.2, 0.25) is 0 Å². The van der Waals surface area contributed by atoms with Crippen LogP contribution in [-0.4, -0.2) is 19.5 Å². The molecule has 0 radical (unpaired) electrons. The Morgan fingerprint density at radius 2 is 1.75 bits per heavy atom. The Morgan fingerprint density at radius 1 is 1.17 bits per heavy atom. The maximum absolute atomic E-state index is 5.48. The molecule has 2 heteroatoms. The van der Waals surface area contributed by atoms with E-state index in [1.165, 1.54) is 6.42 Å². The molecule has 3 atom stereocenters. The highest BCUT2D eigenvalue weighted by Gasteiger charge is 2.23. The molecule has 74 valence electrons. The van der Waals surface area contributed by atoms with Crippen LogP contribution in [0.1, 0.15) is 40.5 Å². The summed E-state index contributed by atoms with van der Waals surface area (Å²) >= 11 is 0. The fourth-order valence-corrected chi connectivity index (χ4v) is 1.51. The standard InChI is InChI=1S/C8H16O2.C2H6/c1-6-4-7(2)10-8(5-6)9-3;1-2/h6-8H,4-5H2,1-3H3;1-2H3/t6-,7?,8+;/m0./s1. The molecule has 12 heavy (non-hydrogen) atoms. The highest BCUT2D eigenvalue weighted by Crippen LogP contribution is 2.24. The van der Waals surface area contributed by atoms with Gasteiger partial charge in [-0.15, -0.1) is 0 Å². The molecule has 2 nitrogen and oxygen atoms in total. The molecule has 1 aliphatic heterocycles. The Morgan fingerprint density at radius 3 is 2.17 bits per heavy atom. The van der Waals surface area contributed by atoms with Gasteiger partial charge in [0, 0.05) is 13.5 Å². The van der Waals surface area contributed by atoms with Gasteiger partial charge in [0.15, 0.2) is 6.29 Å². The summed E-state index contributed by atoms with van der Waals surface area (Å²) in [7, 11) is 1.70. The van der Waals surface area contributed by atoms with E-state index < -0.39 is 0 Å². The first-order valence-corrected chi connectivity index (χ1v) is 4.90. The minimum absolute atomic E-state index is 0.0405. The third kappa shape index (κ3) is 4.07. The van der Waals surface area contributed by atoms with E-state index in [4.69, 9.17) is 9.47 Å². The van der Waals surface area contributed by atoms with Crippen LogP contribution in [0.15, 0.2) is 0 Å². The third-order valence-corrected chi connectivity index (χ3v) is 1.98. The first kappa shape index (κ1) is 11.9. The van der Waals surface area contributed by atoms with Crippen molar-refractivity contribution in [3.05, 3.63) is 0 Å². The average Bonchev–Trinajstić information content (AvgIpc) is 2.06. The van der Waals surface area contributed by atoms with Crippen molar-refractivity contribution in [3.8, 4) is 0 Å². The van der Waals surface area contributed by atoms with E-state index in [1.54, 1.807) is 7.11 Å². The van der Waals surface area contributed by atoms with E-state index in [2.05, 4.69) is 13.8 Å². The molecule has 0 saturated carbocycles. The van der Waals surface area contributed by atoms with Gasteiger partial charge < -0.3 is 9.47 Å². The first-order chi connectivity index (χ1) is 5.72. The smallest absolute Gasteiger partial charge is 0.157 e. The second-order valence-electron chi connectivity index (χ2n) is 3.19. The van der Waals surface area contributed by atoms with Crippen molar-refractivity contribution in [1.29, 1.82) is 0 Å². The largest absolute Gasteiger partial charge is 0.356 e. The molecule has 0 N–H and O–H groups in total. The summed E-state index contributed by atoms with van der Waals surface area (Å²) in [6, 6.07) is 0. The number of rotatable bonds is 1. The summed E-state index contributed by atoms with van der Waals surface area (Å²) < 4.78 is 10.6. The molecule has 1 aliphatic rings. The van der Waals surface area contributed by atoms with Crippen molar-refractivity contribution in [2.24, 2.45) is 5.92 Å². The van der Waals surface area contributed by atoms with E-state index in [-0.39, 0.29) is 6.29 Å². The van der Waals surface area contributed by atoms with Gasteiger partial charge in [-0.2, -0.15) is 0 Å². The summed E-state index contributed by atoms with van der Waals surface area (Å²) in [4.78, 5) is 0. The molecule has 0 bridgehead atoms. The lowest BCUT2D eigenvalue weighted by Crippen LogP contribution is -2.31. The number of hydrogen-bond acceptors (Lipinski definition) is 2. The molecule has 1 unspecified atom stereocenters. The van der Waals surface area contributed by atoms with Crippen LogP contribution in [0.3, 0.4) is 0 Å². The van der Waals surface area contributed by atoms with Crippen LogP contribution in [0.5, 0.6) is 0 Å². The van der Waals surface area contributed by atoms with Crippen molar-refractivity contribution >= 4 is 0 Å². The van der Waals surface area contributed by atoms with E-state index >= 15 is 0 Å². The van der Waals surface area contributed by atoms with Crippen molar-refractivity contribution in [1.82, 2.24) is 0 Å². The normalized spacial score (nSPS) is 35.2. The SMILES string of the molecule is CC.CO[C@H]1C[C@@H](C)CC(C)O1. The predicted octanol–water partition coefficient (Wildman–Crippen LogP) is 2.82. The molecule has 1 fully saturated rings. The first-order valence-electron chi connectivity index (χ1n) is 4.90. The maximum Gasteiger partial charge on any atom is 0.157 e. The Bertz CT molecular complexity index is 94.0. The van der Waals surface area contributed by atoms with Gasteiger partial charge in [-0.25, -0.2) is 0 Å². The second kappa shape index (κ2) is 6.44. The molecule has 1 rings (SSSR count). The molecule has 0 aromatic carbocycles. The molecular weight excluding hydrogens is 152 g/mol. The average molecular weight is 174 g/mol. The number of ether oxygens (including phenoxy) is 2. The fraction of sp³-hybridized carbons (Fsp3) is 1.00. The van der Waals surface area contributed by atoms with Crippen LogP contribution < -0.4 is 0 Å². The summed E-state index contributed by atoms with van der Waals surface area (Å²) in [5.74, 6) is 0.744. The zero-order valence-corrected chi connectivity index (χ0v) is 8.96. The Hall–Kier alpha value is -0.0800. The maximum atomic E-state index is 5.48. The summed E-state index contributed by atoms with van der Waals surface area (Å²) in [5, 5.41) is 0. The second-order valence-corrected chi connectivity index (χ2v) is 3.19. The summed E-state index contributed by atoms with van der Waals surface area (Å²) in [5.41, 5.74) is 0. The molecule has 0 amide bonds. The van der Waals surface area contributed by atoms with E-state index in [0.29, 0.717) is 6.10 Å². The molecule has 0 aromatic heterocycles. The van der Waals surface area contributed by atoms with Crippen LogP contribution in [0.4, 0.5) is 0 Å². The van der Waals surface area contributed by atoms with Gasteiger partial charge in [-0.1, -0.05) is 20.8 Å². The molecule has 0 aliphatic carbocycles. The summed E-state index contributed by atoms with van der Waals surface area (Å²) in [6.07, 6.45) is 2.62. The minimum Gasteiger partial charge on any atom is -0.356 e. The fourth-order valence-electron chi connectivity index (χ4n) is 1.51. The van der Waals surface area contributed by atoms with Gasteiger partial charge in [-0.3, -0.25) is 0 Å². The van der Waals surface area contributed by atoms with Crippen molar-refractivity contribution in [2.45, 2.75) is 52.9 Å². The minimum atomic E-state index is 0.0405. The zero-order valence-electron chi connectivity index (χ0n) is 8.96. The van der Waals surface area contributed by atoms with E-state index in [0.717, 1.165) is 12.3 Å². The van der Waals surface area contributed by atoms with Crippen molar-refractivity contribution in [3.63, 3.8) is 0 Å². The zero-order chi connectivity index (χ0) is 9.56. The topological polar surface area (TPSA) is 18.5 Å². The lowest BCUT2D eigenvalue weighted by Gasteiger charge is -2.30. The predicted molar refractivity (Wildman–Crippen MR) is 51.1 cm³/mol. The van der Waals surface area contributed by atoms with Gasteiger partial charge in [-0.05, 0) is 19.3 Å². The highest BCUT2D eigenvalue weighted by molar-refractivity contribution is 4.67. The van der Waals surface area contributed by atoms with Crippen LogP contribution >= 0.6 is 0 Å². The van der Waals surface area contributed by atoms with Gasteiger partial charge in [0.2, 0.25) is 0 Å². The van der Waals surface area contributed by atoms with Gasteiger partial charge in [0.1, 0.15) is 0 Å². The highest BCUT2D eigenvalue weighted by atomic mass is 16.7. The van der Waals surface area contributed by atoms with Crippen LogP contribution in [0, 0.1) is 5.92 Å². The molecule has 1 saturated heterocycles. The Kier molecular flexibility index (Phi) is 6.39. The molecule has 0 spiro atoms. The van der Waals surface area contributed by atoms with Crippen LogP contribution in [-0.2, 0) is 9.47 Å². The van der Waals surface area contributed by atoms with Gasteiger partial charge in [0.05, 0.1) is 6.10 Å². The van der Waals surface area contributed by atoms with Crippen molar-refractivity contribution < 1.29 is 9.47 Å². The van der Waals surface area contributed by atoms with Gasteiger partial charge >= 0.3 is 0 Å². The Balaban J connectivity index is 0.000000561. The Labute approximate surface area is 76.3 Å². The number of hydrogen-bond donors (Lipinski definition) is 0. The lowest BCUT2D eigenvalue weighted by atomic mass is 9.98. The van der Waals surface area contributed by atoms with Gasteiger partial charge in [0.25, 0.3) is 0 Å². The quantitative estimate of drug-likeness (QED) is 0.608. The third-order valence-electron chi connectivity index (χ3n) is 1.98.